The van der Waals surface area contributed by atoms with Crippen LogP contribution in [0.15, 0.2) is 34.7 Å². The average Bonchev–Trinajstić information content (AvgIpc) is 3.01. The van der Waals surface area contributed by atoms with Crippen molar-refractivity contribution in [3.05, 3.63) is 53.0 Å². The van der Waals surface area contributed by atoms with Crippen LogP contribution in [0.4, 0.5) is 0 Å². The van der Waals surface area contributed by atoms with E-state index in [1.807, 2.05) is 36.2 Å². The van der Waals surface area contributed by atoms with Gasteiger partial charge in [-0.1, -0.05) is 12.1 Å². The fourth-order valence-corrected chi connectivity index (χ4v) is 2.70. The van der Waals surface area contributed by atoms with Gasteiger partial charge in [-0.2, -0.15) is 0 Å². The Morgan fingerprint density at radius 2 is 1.74 bits per heavy atom. The lowest BCUT2D eigenvalue weighted by Crippen LogP contribution is -2.36. The number of methoxy groups -OCH3 is 2. The Balaban J connectivity index is 1.89. The van der Waals surface area contributed by atoms with Crippen LogP contribution in [-0.2, 0) is 22.6 Å². The highest BCUT2D eigenvalue weighted by atomic mass is 16.5. The van der Waals surface area contributed by atoms with E-state index in [0.717, 1.165) is 11.3 Å². The smallest absolute Gasteiger partial charge is 0.341 e. The summed E-state index contributed by atoms with van der Waals surface area (Å²) in [5.74, 6) is 1.46. The zero-order chi connectivity index (χ0) is 20.0. The molecule has 0 saturated carbocycles. The van der Waals surface area contributed by atoms with Gasteiger partial charge >= 0.3 is 5.97 Å². The molecule has 1 heterocycles. The predicted octanol–water partition coefficient (Wildman–Crippen LogP) is 2.47. The Labute approximate surface area is 159 Å². The largest absolute Gasteiger partial charge is 0.497 e. The molecule has 1 aromatic heterocycles. The molecule has 0 aliphatic rings. The Morgan fingerprint density at radius 3 is 2.33 bits per heavy atom. The van der Waals surface area contributed by atoms with Gasteiger partial charge in [0.05, 0.1) is 27.3 Å². The van der Waals surface area contributed by atoms with Gasteiger partial charge in [-0.3, -0.25) is 9.69 Å². The SMILES string of the molecule is COC(=O)c1cc(CN(C)CC(=O)N(C)Cc2ccc(OC)cc2)oc1C. The number of aryl methyl sites for hydroxylation is 1. The first-order chi connectivity index (χ1) is 12.8. The van der Waals surface area contributed by atoms with Crippen LogP contribution in [0.3, 0.4) is 0 Å². The number of ether oxygens (including phenoxy) is 2. The zero-order valence-corrected chi connectivity index (χ0v) is 16.4. The second-order valence-electron chi connectivity index (χ2n) is 6.44. The molecule has 7 heteroatoms. The van der Waals surface area contributed by atoms with Crippen LogP contribution in [0.1, 0.15) is 27.4 Å². The third kappa shape index (κ3) is 5.59. The molecular weight excluding hydrogens is 348 g/mol. The summed E-state index contributed by atoms with van der Waals surface area (Å²) in [7, 11) is 6.55. The highest BCUT2D eigenvalue weighted by Crippen LogP contribution is 2.17. The number of carbonyl (C=O) groups excluding carboxylic acids is 2. The summed E-state index contributed by atoms with van der Waals surface area (Å²) >= 11 is 0. The quantitative estimate of drug-likeness (QED) is 0.661. The molecule has 0 radical (unpaired) electrons. The first kappa shape index (κ1) is 20.5. The molecule has 0 aliphatic carbocycles. The molecule has 1 amide bonds. The molecule has 2 rings (SSSR count). The maximum atomic E-state index is 12.5. The van der Waals surface area contributed by atoms with Crippen molar-refractivity contribution in [2.24, 2.45) is 0 Å². The van der Waals surface area contributed by atoms with Crippen LogP contribution in [0, 0.1) is 6.92 Å². The monoisotopic (exact) mass is 374 g/mol. The topological polar surface area (TPSA) is 72.2 Å². The zero-order valence-electron chi connectivity index (χ0n) is 16.4. The molecule has 0 unspecified atom stereocenters. The number of benzene rings is 1. The first-order valence-electron chi connectivity index (χ1n) is 8.57. The lowest BCUT2D eigenvalue weighted by molar-refractivity contribution is -0.131. The average molecular weight is 374 g/mol. The second kappa shape index (κ2) is 9.23. The fourth-order valence-electron chi connectivity index (χ4n) is 2.70. The van der Waals surface area contributed by atoms with E-state index < -0.39 is 5.97 Å². The van der Waals surface area contributed by atoms with Crippen LogP contribution < -0.4 is 4.74 Å². The Hall–Kier alpha value is -2.80. The minimum Gasteiger partial charge on any atom is -0.497 e. The van der Waals surface area contributed by atoms with E-state index in [1.165, 1.54) is 7.11 Å². The molecule has 0 atom stereocenters. The van der Waals surface area contributed by atoms with Crippen LogP contribution in [0.5, 0.6) is 5.75 Å². The van der Waals surface area contributed by atoms with Gasteiger partial charge < -0.3 is 18.8 Å². The van der Waals surface area contributed by atoms with Crippen LogP contribution in [-0.4, -0.2) is 56.5 Å². The Morgan fingerprint density at radius 1 is 1.07 bits per heavy atom. The molecule has 0 bridgehead atoms. The van der Waals surface area contributed by atoms with Gasteiger partial charge in [0.15, 0.2) is 0 Å². The molecule has 0 spiro atoms. The van der Waals surface area contributed by atoms with Crippen LogP contribution >= 0.6 is 0 Å². The normalized spacial score (nSPS) is 10.7. The van der Waals surface area contributed by atoms with Gasteiger partial charge in [-0.05, 0) is 37.7 Å². The first-order valence-corrected chi connectivity index (χ1v) is 8.57. The van der Waals surface area contributed by atoms with E-state index in [9.17, 15) is 9.59 Å². The molecule has 1 aromatic carbocycles. The fraction of sp³-hybridized carbons (Fsp3) is 0.400. The number of carbonyl (C=O) groups is 2. The standard InChI is InChI=1S/C20H26N2O5/c1-14-18(20(24)26-5)10-17(27-14)12-21(2)13-19(23)22(3)11-15-6-8-16(25-4)9-7-15/h6-10H,11-13H2,1-5H3. The summed E-state index contributed by atoms with van der Waals surface area (Å²) in [6.45, 7) is 2.88. The lowest BCUT2D eigenvalue weighted by atomic mass is 10.2. The van der Waals surface area contributed by atoms with Crippen LogP contribution in [0.25, 0.3) is 0 Å². The minimum absolute atomic E-state index is 0.00946. The van der Waals surface area contributed by atoms with Crippen molar-refractivity contribution < 1.29 is 23.5 Å². The molecule has 0 aliphatic heterocycles. The van der Waals surface area contributed by atoms with Crippen molar-refractivity contribution in [3.63, 3.8) is 0 Å². The number of hydrogen-bond donors (Lipinski definition) is 0. The van der Waals surface area contributed by atoms with Gasteiger partial charge in [0.2, 0.25) is 5.91 Å². The summed E-state index contributed by atoms with van der Waals surface area (Å²) in [6, 6.07) is 9.28. The lowest BCUT2D eigenvalue weighted by Gasteiger charge is -2.21. The highest BCUT2D eigenvalue weighted by molar-refractivity contribution is 5.90. The van der Waals surface area contributed by atoms with Crippen molar-refractivity contribution in [1.82, 2.24) is 9.80 Å². The summed E-state index contributed by atoms with van der Waals surface area (Å²) in [6.07, 6.45) is 0. The second-order valence-corrected chi connectivity index (χ2v) is 6.44. The maximum absolute atomic E-state index is 12.5. The van der Waals surface area contributed by atoms with Crippen molar-refractivity contribution in [2.75, 3.05) is 34.9 Å². The Kier molecular flexibility index (Phi) is 7.01. The third-order valence-electron chi connectivity index (χ3n) is 4.21. The minimum atomic E-state index is -0.430. The molecule has 146 valence electrons. The highest BCUT2D eigenvalue weighted by Gasteiger charge is 2.18. The van der Waals surface area contributed by atoms with E-state index in [2.05, 4.69) is 0 Å². The van der Waals surface area contributed by atoms with Crippen molar-refractivity contribution in [1.29, 1.82) is 0 Å². The molecular formula is C20H26N2O5. The number of rotatable bonds is 8. The van der Waals surface area contributed by atoms with Crippen LogP contribution in [0.2, 0.25) is 0 Å². The number of nitrogens with zero attached hydrogens (tertiary/aromatic N) is 2. The molecule has 2 aromatic rings. The van der Waals surface area contributed by atoms with Crippen molar-refractivity contribution in [3.8, 4) is 5.75 Å². The van der Waals surface area contributed by atoms with E-state index in [0.29, 0.717) is 30.2 Å². The van der Waals surface area contributed by atoms with Gasteiger partial charge in [-0.25, -0.2) is 4.79 Å². The van der Waals surface area contributed by atoms with E-state index in [1.54, 1.807) is 32.0 Å². The van der Waals surface area contributed by atoms with Gasteiger partial charge in [-0.15, -0.1) is 0 Å². The number of esters is 1. The molecule has 0 saturated heterocycles. The van der Waals surface area contributed by atoms with E-state index in [-0.39, 0.29) is 12.5 Å². The molecule has 27 heavy (non-hydrogen) atoms. The van der Waals surface area contributed by atoms with Crippen molar-refractivity contribution >= 4 is 11.9 Å². The summed E-state index contributed by atoms with van der Waals surface area (Å²) < 4.78 is 15.4. The molecule has 0 N–H and O–H groups in total. The predicted molar refractivity (Wildman–Crippen MR) is 101 cm³/mol. The Bertz CT molecular complexity index is 782. The number of hydrogen-bond acceptors (Lipinski definition) is 6. The third-order valence-corrected chi connectivity index (χ3v) is 4.21. The van der Waals surface area contributed by atoms with E-state index >= 15 is 0 Å². The number of amides is 1. The summed E-state index contributed by atoms with van der Waals surface area (Å²) in [5, 5.41) is 0. The molecule has 7 nitrogen and oxygen atoms in total. The number of likely N-dealkylation sites (N-methyl/N-ethyl adjacent to an activating group) is 2. The summed E-state index contributed by atoms with van der Waals surface area (Å²) in [5.41, 5.74) is 1.43. The van der Waals surface area contributed by atoms with Gasteiger partial charge in [0.1, 0.15) is 22.8 Å². The van der Waals surface area contributed by atoms with E-state index in [4.69, 9.17) is 13.9 Å². The maximum Gasteiger partial charge on any atom is 0.341 e. The van der Waals surface area contributed by atoms with Gasteiger partial charge in [0.25, 0.3) is 0 Å². The molecule has 0 fully saturated rings. The number of furan rings is 1. The summed E-state index contributed by atoms with van der Waals surface area (Å²) in [4.78, 5) is 27.6. The van der Waals surface area contributed by atoms with Crippen molar-refractivity contribution in [2.45, 2.75) is 20.0 Å². The van der Waals surface area contributed by atoms with Gasteiger partial charge in [0, 0.05) is 13.6 Å².